The molecule has 2 unspecified atom stereocenters. The van der Waals surface area contributed by atoms with Crippen molar-refractivity contribution in [3.8, 4) is 6.07 Å². The van der Waals surface area contributed by atoms with Gasteiger partial charge in [0.15, 0.2) is 0 Å². The van der Waals surface area contributed by atoms with E-state index in [4.69, 9.17) is 11.0 Å². The van der Waals surface area contributed by atoms with E-state index >= 15 is 0 Å². The highest BCUT2D eigenvalue weighted by atomic mass is 35.5. The van der Waals surface area contributed by atoms with Crippen molar-refractivity contribution in [2.75, 3.05) is 6.54 Å². The normalized spacial score (nSPS) is 22.0. The molecular formula is C13H18ClN3O2S. The molecule has 0 amide bonds. The van der Waals surface area contributed by atoms with E-state index in [0.29, 0.717) is 12.1 Å². The van der Waals surface area contributed by atoms with Crippen LogP contribution in [0.2, 0.25) is 0 Å². The van der Waals surface area contributed by atoms with E-state index in [1.807, 2.05) is 6.07 Å². The maximum absolute atomic E-state index is 12.3. The first-order valence-electron chi connectivity index (χ1n) is 6.29. The molecule has 20 heavy (non-hydrogen) atoms. The van der Waals surface area contributed by atoms with Crippen LogP contribution >= 0.6 is 12.4 Å². The molecule has 0 radical (unpaired) electrons. The van der Waals surface area contributed by atoms with Gasteiger partial charge in [-0.05, 0) is 43.5 Å². The number of hydrogen-bond acceptors (Lipinski definition) is 4. The number of nitrogens with zero attached hydrogens (tertiary/aromatic N) is 1. The molecule has 5 nitrogen and oxygen atoms in total. The summed E-state index contributed by atoms with van der Waals surface area (Å²) in [6.07, 6.45) is 2.77. The number of rotatable bonds is 4. The van der Waals surface area contributed by atoms with Crippen LogP contribution < -0.4 is 10.5 Å². The van der Waals surface area contributed by atoms with Gasteiger partial charge in [-0.2, -0.15) is 5.26 Å². The Morgan fingerprint density at radius 2 is 2.15 bits per heavy atom. The molecule has 1 saturated carbocycles. The van der Waals surface area contributed by atoms with Gasteiger partial charge >= 0.3 is 0 Å². The Morgan fingerprint density at radius 3 is 2.80 bits per heavy atom. The molecule has 1 aliphatic rings. The van der Waals surface area contributed by atoms with Gasteiger partial charge in [-0.3, -0.25) is 0 Å². The van der Waals surface area contributed by atoms with Crippen LogP contribution in [0.1, 0.15) is 24.8 Å². The standard InChI is InChI=1S/C13H17N3O2S.ClH/c14-8-10-3-1-5-12(7-10)19(17,18)16-13-6-2-4-11(13)9-15;/h1,3,5,7,11,13,16H,2,4,6,9,15H2;1H. The smallest absolute Gasteiger partial charge is 0.240 e. The highest BCUT2D eigenvalue weighted by Crippen LogP contribution is 2.26. The summed E-state index contributed by atoms with van der Waals surface area (Å²) >= 11 is 0. The minimum Gasteiger partial charge on any atom is -0.330 e. The molecule has 7 heteroatoms. The Kier molecular flexibility index (Phi) is 5.96. The number of halogens is 1. The topological polar surface area (TPSA) is 96.0 Å². The lowest BCUT2D eigenvalue weighted by Gasteiger charge is -2.19. The second-order valence-electron chi connectivity index (χ2n) is 4.79. The third kappa shape index (κ3) is 3.70. The van der Waals surface area contributed by atoms with E-state index in [9.17, 15) is 8.42 Å². The predicted octanol–water partition coefficient (Wildman–Crippen LogP) is 1.39. The Hall–Kier alpha value is -1.13. The summed E-state index contributed by atoms with van der Waals surface area (Å²) in [5, 5.41) is 8.81. The molecule has 0 spiro atoms. The lowest BCUT2D eigenvalue weighted by molar-refractivity contribution is 0.453. The molecule has 1 aromatic rings. The van der Waals surface area contributed by atoms with E-state index in [1.54, 1.807) is 12.1 Å². The van der Waals surface area contributed by atoms with Crippen LogP contribution in [0.5, 0.6) is 0 Å². The van der Waals surface area contributed by atoms with Crippen molar-refractivity contribution >= 4 is 22.4 Å². The zero-order valence-corrected chi connectivity index (χ0v) is 12.6. The van der Waals surface area contributed by atoms with Crippen LogP contribution in [-0.2, 0) is 10.0 Å². The molecule has 0 saturated heterocycles. The molecule has 2 atom stereocenters. The fraction of sp³-hybridized carbons (Fsp3) is 0.462. The summed E-state index contributed by atoms with van der Waals surface area (Å²) < 4.78 is 27.2. The summed E-state index contributed by atoms with van der Waals surface area (Å²) in [6.45, 7) is 0.491. The lowest BCUT2D eigenvalue weighted by atomic mass is 10.1. The molecule has 2 rings (SSSR count). The van der Waals surface area contributed by atoms with Crippen molar-refractivity contribution in [3.05, 3.63) is 29.8 Å². The van der Waals surface area contributed by atoms with Gasteiger partial charge in [0.05, 0.1) is 16.5 Å². The highest BCUT2D eigenvalue weighted by Gasteiger charge is 2.30. The Morgan fingerprint density at radius 1 is 1.40 bits per heavy atom. The molecule has 1 aromatic carbocycles. The van der Waals surface area contributed by atoms with Crippen LogP contribution in [-0.4, -0.2) is 21.0 Å². The van der Waals surface area contributed by atoms with Crippen molar-refractivity contribution in [2.45, 2.75) is 30.2 Å². The van der Waals surface area contributed by atoms with Crippen molar-refractivity contribution in [1.82, 2.24) is 4.72 Å². The Bertz CT molecular complexity index is 598. The SMILES string of the molecule is Cl.N#Cc1cccc(S(=O)(=O)NC2CCCC2CN)c1. The minimum absolute atomic E-state index is 0. The largest absolute Gasteiger partial charge is 0.330 e. The maximum Gasteiger partial charge on any atom is 0.240 e. The van der Waals surface area contributed by atoms with Crippen molar-refractivity contribution in [3.63, 3.8) is 0 Å². The quantitative estimate of drug-likeness (QED) is 0.877. The highest BCUT2D eigenvalue weighted by molar-refractivity contribution is 7.89. The molecule has 1 fully saturated rings. The summed E-state index contributed by atoms with van der Waals surface area (Å²) in [5.74, 6) is 0.203. The van der Waals surface area contributed by atoms with Gasteiger partial charge in [-0.15, -0.1) is 12.4 Å². The first-order chi connectivity index (χ1) is 9.06. The third-order valence-electron chi connectivity index (χ3n) is 3.54. The number of sulfonamides is 1. The van der Waals surface area contributed by atoms with Crippen LogP contribution in [0, 0.1) is 17.2 Å². The van der Waals surface area contributed by atoms with E-state index in [2.05, 4.69) is 4.72 Å². The molecule has 1 aliphatic carbocycles. The average Bonchev–Trinajstić information content (AvgIpc) is 2.85. The summed E-state index contributed by atoms with van der Waals surface area (Å²) in [4.78, 5) is 0.134. The van der Waals surface area contributed by atoms with E-state index in [1.165, 1.54) is 12.1 Å². The van der Waals surface area contributed by atoms with Crippen molar-refractivity contribution in [2.24, 2.45) is 11.7 Å². The average molecular weight is 316 g/mol. The van der Waals surface area contributed by atoms with E-state index < -0.39 is 10.0 Å². The van der Waals surface area contributed by atoms with Crippen molar-refractivity contribution in [1.29, 1.82) is 5.26 Å². The number of nitrogens with two attached hydrogens (primary N) is 1. The number of hydrogen-bond donors (Lipinski definition) is 2. The Labute approximate surface area is 125 Å². The minimum atomic E-state index is -3.58. The zero-order valence-electron chi connectivity index (χ0n) is 11.0. The van der Waals surface area contributed by atoms with Gasteiger partial charge in [-0.25, -0.2) is 13.1 Å². The van der Waals surface area contributed by atoms with Crippen molar-refractivity contribution < 1.29 is 8.42 Å². The molecule has 0 bridgehead atoms. The molecular weight excluding hydrogens is 298 g/mol. The first-order valence-corrected chi connectivity index (χ1v) is 7.77. The van der Waals surface area contributed by atoms with Crippen LogP contribution in [0.25, 0.3) is 0 Å². The van der Waals surface area contributed by atoms with Gasteiger partial charge in [0.2, 0.25) is 10.0 Å². The first kappa shape index (κ1) is 16.9. The van der Waals surface area contributed by atoms with Gasteiger partial charge in [-0.1, -0.05) is 12.5 Å². The van der Waals surface area contributed by atoms with E-state index in [-0.39, 0.29) is 29.3 Å². The van der Waals surface area contributed by atoms with Crippen LogP contribution in [0.3, 0.4) is 0 Å². The van der Waals surface area contributed by atoms with E-state index in [0.717, 1.165) is 19.3 Å². The maximum atomic E-state index is 12.3. The van der Waals surface area contributed by atoms with Gasteiger partial charge in [0, 0.05) is 6.04 Å². The summed E-state index contributed by atoms with van der Waals surface area (Å²) in [6, 6.07) is 7.88. The molecule has 0 aromatic heterocycles. The number of nitriles is 1. The fourth-order valence-corrected chi connectivity index (χ4v) is 3.86. The zero-order chi connectivity index (χ0) is 13.9. The summed E-state index contributed by atoms with van der Waals surface area (Å²) in [7, 11) is -3.58. The van der Waals surface area contributed by atoms with Gasteiger partial charge in [0.25, 0.3) is 0 Å². The van der Waals surface area contributed by atoms with Crippen LogP contribution in [0.15, 0.2) is 29.2 Å². The second kappa shape index (κ2) is 7.04. The predicted molar refractivity (Wildman–Crippen MR) is 78.9 cm³/mol. The number of benzene rings is 1. The third-order valence-corrected chi connectivity index (χ3v) is 5.03. The fourth-order valence-electron chi connectivity index (χ4n) is 2.47. The lowest BCUT2D eigenvalue weighted by Crippen LogP contribution is -2.39. The molecule has 110 valence electrons. The van der Waals surface area contributed by atoms with Gasteiger partial charge < -0.3 is 5.73 Å². The Balaban J connectivity index is 0.00000200. The molecule has 0 heterocycles. The second-order valence-corrected chi connectivity index (χ2v) is 6.51. The molecule has 3 N–H and O–H groups in total. The van der Waals surface area contributed by atoms with Crippen LogP contribution in [0.4, 0.5) is 0 Å². The number of nitrogens with one attached hydrogen (secondary N) is 1. The van der Waals surface area contributed by atoms with Gasteiger partial charge in [0.1, 0.15) is 0 Å². The monoisotopic (exact) mass is 315 g/mol. The molecule has 0 aliphatic heterocycles. The summed E-state index contributed by atoms with van der Waals surface area (Å²) in [5.41, 5.74) is 5.99.